The third-order valence-electron chi connectivity index (χ3n) is 5.49. The van der Waals surface area contributed by atoms with Gasteiger partial charge >= 0.3 is 0 Å². The highest BCUT2D eigenvalue weighted by molar-refractivity contribution is 7.91. The van der Waals surface area contributed by atoms with E-state index in [9.17, 15) is 26.8 Å². The Kier molecular flexibility index (Phi) is 7.11. The molecule has 2 amide bonds. The van der Waals surface area contributed by atoms with Crippen molar-refractivity contribution in [3.63, 3.8) is 0 Å². The Hall–Kier alpha value is -4.12. The molecule has 0 aliphatic heterocycles. The molecule has 0 aliphatic carbocycles. The Morgan fingerprint density at radius 2 is 1.69 bits per heavy atom. The number of carbonyl (C=O) groups excluding carboxylic acids is 2. The standard InChI is InChI=1S/C25H22F2N4O4S/c1-2-36(34,35)19-7-3-16(4-8-19)13-28-25(33)24-22-10-6-18(14-31(22)15-29-24)30-23(32)12-17-5-9-20(26)21(27)11-17/h3-11,14-15H,2,12-13H2,1H3,(H,28,33)(H,30,32). The zero-order valence-corrected chi connectivity index (χ0v) is 20.0. The van der Waals surface area contributed by atoms with E-state index < -0.39 is 33.3 Å². The first-order chi connectivity index (χ1) is 17.2. The van der Waals surface area contributed by atoms with Gasteiger partial charge in [0.05, 0.1) is 28.3 Å². The van der Waals surface area contributed by atoms with E-state index in [0.29, 0.717) is 16.8 Å². The highest BCUT2D eigenvalue weighted by Crippen LogP contribution is 2.17. The van der Waals surface area contributed by atoms with E-state index in [1.54, 1.807) is 41.8 Å². The Morgan fingerprint density at radius 3 is 2.39 bits per heavy atom. The van der Waals surface area contributed by atoms with Crippen LogP contribution in [-0.4, -0.2) is 35.4 Å². The lowest BCUT2D eigenvalue weighted by molar-refractivity contribution is -0.115. The number of halogens is 2. The topological polar surface area (TPSA) is 110 Å². The number of rotatable bonds is 8. The van der Waals surface area contributed by atoms with Gasteiger partial charge in [-0.05, 0) is 47.5 Å². The summed E-state index contributed by atoms with van der Waals surface area (Å²) in [6.07, 6.45) is 2.87. The smallest absolute Gasteiger partial charge is 0.272 e. The van der Waals surface area contributed by atoms with E-state index in [1.807, 2.05) is 0 Å². The summed E-state index contributed by atoms with van der Waals surface area (Å²) in [5, 5.41) is 5.43. The lowest BCUT2D eigenvalue weighted by Gasteiger charge is -2.08. The zero-order valence-electron chi connectivity index (χ0n) is 19.2. The van der Waals surface area contributed by atoms with Crippen molar-refractivity contribution in [2.75, 3.05) is 11.1 Å². The second-order valence-electron chi connectivity index (χ2n) is 8.01. The van der Waals surface area contributed by atoms with Gasteiger partial charge in [0.2, 0.25) is 5.91 Å². The maximum absolute atomic E-state index is 13.4. The van der Waals surface area contributed by atoms with E-state index in [-0.39, 0.29) is 29.3 Å². The molecule has 4 aromatic rings. The Balaban J connectivity index is 1.39. The molecule has 2 N–H and O–H groups in total. The van der Waals surface area contributed by atoms with Crippen LogP contribution >= 0.6 is 0 Å². The molecule has 36 heavy (non-hydrogen) atoms. The van der Waals surface area contributed by atoms with Gasteiger partial charge in [0.1, 0.15) is 6.33 Å². The number of hydrogen-bond donors (Lipinski definition) is 2. The van der Waals surface area contributed by atoms with Gasteiger partial charge in [-0.2, -0.15) is 0 Å². The maximum Gasteiger partial charge on any atom is 0.272 e. The summed E-state index contributed by atoms with van der Waals surface area (Å²) in [6.45, 7) is 1.76. The first-order valence-corrected chi connectivity index (χ1v) is 12.6. The first-order valence-electron chi connectivity index (χ1n) is 11.0. The van der Waals surface area contributed by atoms with E-state index >= 15 is 0 Å². The number of anilines is 1. The van der Waals surface area contributed by atoms with E-state index in [4.69, 9.17) is 0 Å². The SMILES string of the molecule is CCS(=O)(=O)c1ccc(CNC(=O)c2ncn3cc(NC(=O)Cc4ccc(F)c(F)c4)ccc23)cc1. The molecule has 2 aromatic carbocycles. The van der Waals surface area contributed by atoms with E-state index in [0.717, 1.165) is 17.7 Å². The Bertz CT molecular complexity index is 1550. The minimum atomic E-state index is -3.29. The molecule has 8 nitrogen and oxygen atoms in total. The number of imidazole rings is 1. The van der Waals surface area contributed by atoms with Crippen LogP contribution in [0.15, 0.2) is 72.0 Å². The number of fused-ring (bicyclic) bond motifs is 1. The fraction of sp³-hybridized carbons (Fsp3) is 0.160. The van der Waals surface area contributed by atoms with Crippen molar-refractivity contribution in [1.29, 1.82) is 0 Å². The number of sulfone groups is 1. The van der Waals surface area contributed by atoms with E-state index in [1.165, 1.54) is 24.5 Å². The van der Waals surface area contributed by atoms with Crippen LogP contribution in [0.3, 0.4) is 0 Å². The highest BCUT2D eigenvalue weighted by Gasteiger charge is 2.15. The third-order valence-corrected chi connectivity index (χ3v) is 7.24. The number of hydrogen-bond acceptors (Lipinski definition) is 5. The molecule has 0 aliphatic rings. The van der Waals surface area contributed by atoms with Crippen molar-refractivity contribution >= 4 is 32.9 Å². The number of carbonyl (C=O) groups is 2. The molecule has 2 heterocycles. The molecule has 0 radical (unpaired) electrons. The third kappa shape index (κ3) is 5.57. The van der Waals surface area contributed by atoms with Gasteiger partial charge < -0.3 is 15.0 Å². The van der Waals surface area contributed by atoms with Gasteiger partial charge in [0.25, 0.3) is 5.91 Å². The minimum Gasteiger partial charge on any atom is -0.347 e. The average molecular weight is 513 g/mol. The molecule has 0 fully saturated rings. The second kappa shape index (κ2) is 10.2. The molecule has 0 saturated carbocycles. The lowest BCUT2D eigenvalue weighted by Crippen LogP contribution is -2.23. The average Bonchev–Trinajstić information content (AvgIpc) is 3.28. The molecule has 11 heteroatoms. The summed E-state index contributed by atoms with van der Waals surface area (Å²) in [5.41, 5.74) is 2.18. The minimum absolute atomic E-state index is 0.0100. The summed E-state index contributed by atoms with van der Waals surface area (Å²) in [4.78, 5) is 29.3. The maximum atomic E-state index is 13.4. The van der Waals surface area contributed by atoms with Crippen molar-refractivity contribution in [2.45, 2.75) is 24.8 Å². The fourth-order valence-corrected chi connectivity index (χ4v) is 4.42. The lowest BCUT2D eigenvalue weighted by atomic mass is 10.1. The van der Waals surface area contributed by atoms with Crippen molar-refractivity contribution in [3.8, 4) is 0 Å². The molecule has 0 atom stereocenters. The zero-order chi connectivity index (χ0) is 25.9. The largest absolute Gasteiger partial charge is 0.347 e. The van der Waals surface area contributed by atoms with Gasteiger partial charge in [-0.3, -0.25) is 9.59 Å². The van der Waals surface area contributed by atoms with Crippen LogP contribution < -0.4 is 10.6 Å². The second-order valence-corrected chi connectivity index (χ2v) is 10.3. The number of amides is 2. The Labute approximate surface area is 205 Å². The van der Waals surface area contributed by atoms with E-state index in [2.05, 4.69) is 15.6 Å². The van der Waals surface area contributed by atoms with Crippen LogP contribution in [0.4, 0.5) is 14.5 Å². The molecular weight excluding hydrogens is 490 g/mol. The predicted molar refractivity (Wildman–Crippen MR) is 129 cm³/mol. The molecule has 0 saturated heterocycles. The molecule has 0 bridgehead atoms. The summed E-state index contributed by atoms with van der Waals surface area (Å²) in [7, 11) is -3.29. The van der Waals surface area contributed by atoms with Gasteiger partial charge in [0, 0.05) is 12.7 Å². The van der Waals surface area contributed by atoms with Crippen molar-refractivity contribution in [3.05, 3.63) is 95.6 Å². The molecule has 186 valence electrons. The van der Waals surface area contributed by atoms with Gasteiger partial charge in [0.15, 0.2) is 27.2 Å². The van der Waals surface area contributed by atoms with Gasteiger partial charge in [-0.25, -0.2) is 22.2 Å². The monoisotopic (exact) mass is 512 g/mol. The van der Waals surface area contributed by atoms with Crippen molar-refractivity contribution < 1.29 is 26.8 Å². The molecule has 2 aromatic heterocycles. The van der Waals surface area contributed by atoms with Gasteiger partial charge in [-0.15, -0.1) is 0 Å². The molecule has 0 spiro atoms. The van der Waals surface area contributed by atoms with Crippen molar-refractivity contribution in [1.82, 2.24) is 14.7 Å². The highest BCUT2D eigenvalue weighted by atomic mass is 32.2. The van der Waals surface area contributed by atoms with Crippen LogP contribution in [0, 0.1) is 11.6 Å². The summed E-state index contributed by atoms with van der Waals surface area (Å²) < 4.78 is 51.8. The fourth-order valence-electron chi connectivity index (χ4n) is 3.54. The van der Waals surface area contributed by atoms with Crippen LogP contribution in [0.5, 0.6) is 0 Å². The van der Waals surface area contributed by atoms with Crippen molar-refractivity contribution in [2.24, 2.45) is 0 Å². The predicted octanol–water partition coefficient (Wildman–Crippen LogP) is 3.52. The van der Waals surface area contributed by atoms with Gasteiger partial charge in [-0.1, -0.05) is 25.1 Å². The van der Waals surface area contributed by atoms with Crippen LogP contribution in [-0.2, 0) is 27.6 Å². The van der Waals surface area contributed by atoms with Crippen LogP contribution in [0.25, 0.3) is 5.52 Å². The normalized spacial score (nSPS) is 11.4. The number of nitrogens with zero attached hydrogens (tertiary/aromatic N) is 2. The number of aromatic nitrogens is 2. The Morgan fingerprint density at radius 1 is 0.972 bits per heavy atom. The number of benzene rings is 2. The molecule has 0 unspecified atom stereocenters. The number of nitrogens with one attached hydrogen (secondary N) is 2. The molecule has 4 rings (SSSR count). The quantitative estimate of drug-likeness (QED) is 0.376. The number of pyridine rings is 1. The molecular formula is C25H22F2N4O4S. The van der Waals surface area contributed by atoms with Crippen LogP contribution in [0.2, 0.25) is 0 Å². The summed E-state index contributed by atoms with van der Waals surface area (Å²) >= 11 is 0. The first kappa shape index (κ1) is 25.0. The van der Waals surface area contributed by atoms with Crippen LogP contribution in [0.1, 0.15) is 28.5 Å². The summed E-state index contributed by atoms with van der Waals surface area (Å²) in [6, 6.07) is 12.8. The summed E-state index contributed by atoms with van der Waals surface area (Å²) in [5.74, 6) is -2.83.